The molecule has 0 fully saturated rings. The third-order valence-corrected chi connectivity index (χ3v) is 3.25. The van der Waals surface area contributed by atoms with E-state index >= 15 is 0 Å². The topological polar surface area (TPSA) is 43.4 Å². The molecule has 0 N–H and O–H groups in total. The van der Waals surface area contributed by atoms with Gasteiger partial charge in [-0.15, -0.1) is 0 Å². The van der Waals surface area contributed by atoms with Crippen molar-refractivity contribution in [2.24, 2.45) is 0 Å². The molecular weight excluding hydrogens is 212 g/mol. The van der Waals surface area contributed by atoms with E-state index in [4.69, 9.17) is 4.18 Å². The van der Waals surface area contributed by atoms with Gasteiger partial charge in [0, 0.05) is 0 Å². The molecule has 15 heavy (non-hydrogen) atoms. The monoisotopic (exact) mass is 228 g/mol. The van der Waals surface area contributed by atoms with Gasteiger partial charge in [0.05, 0.1) is 11.0 Å². The van der Waals surface area contributed by atoms with Crippen LogP contribution in [0.15, 0.2) is 23.1 Å². The minimum Gasteiger partial charge on any atom is -0.264 e. The highest BCUT2D eigenvalue weighted by molar-refractivity contribution is 7.86. The van der Waals surface area contributed by atoms with E-state index in [1.54, 1.807) is 26.0 Å². The molecule has 0 spiro atoms. The van der Waals surface area contributed by atoms with E-state index in [9.17, 15) is 8.42 Å². The van der Waals surface area contributed by atoms with Gasteiger partial charge in [0.15, 0.2) is 0 Å². The summed E-state index contributed by atoms with van der Waals surface area (Å²) in [6.07, 6.45) is -0.337. The van der Waals surface area contributed by atoms with Crippen LogP contribution in [0.5, 0.6) is 0 Å². The van der Waals surface area contributed by atoms with E-state index in [0.717, 1.165) is 11.1 Å². The van der Waals surface area contributed by atoms with Gasteiger partial charge in [0.1, 0.15) is 0 Å². The maximum atomic E-state index is 11.7. The molecule has 0 aliphatic carbocycles. The molecule has 3 nitrogen and oxygen atoms in total. The normalized spacial score (nSPS) is 12.1. The van der Waals surface area contributed by atoms with E-state index in [1.807, 2.05) is 19.9 Å². The van der Waals surface area contributed by atoms with Gasteiger partial charge < -0.3 is 0 Å². The lowest BCUT2D eigenvalue weighted by molar-refractivity contribution is 0.249. The zero-order valence-corrected chi connectivity index (χ0v) is 10.3. The maximum absolute atomic E-state index is 11.7. The number of hydrogen-bond acceptors (Lipinski definition) is 3. The predicted molar refractivity (Wildman–Crippen MR) is 59.3 cm³/mol. The fraction of sp³-hybridized carbons (Fsp3) is 0.455. The van der Waals surface area contributed by atoms with E-state index in [-0.39, 0.29) is 11.0 Å². The van der Waals surface area contributed by atoms with Gasteiger partial charge in [-0.05, 0) is 51.0 Å². The number of benzene rings is 1. The van der Waals surface area contributed by atoms with E-state index < -0.39 is 10.1 Å². The molecule has 1 aromatic rings. The van der Waals surface area contributed by atoms with Crippen LogP contribution in [0.1, 0.15) is 25.0 Å². The first-order valence-electron chi connectivity index (χ1n) is 4.83. The molecule has 1 rings (SSSR count). The number of aryl methyl sites for hydroxylation is 2. The second kappa shape index (κ2) is 4.33. The summed E-state index contributed by atoms with van der Waals surface area (Å²) >= 11 is 0. The first kappa shape index (κ1) is 12.2. The number of rotatable bonds is 3. The summed E-state index contributed by atoms with van der Waals surface area (Å²) in [5.41, 5.74) is 1.84. The summed E-state index contributed by atoms with van der Waals surface area (Å²) in [7, 11) is -3.60. The highest BCUT2D eigenvalue weighted by atomic mass is 32.2. The highest BCUT2D eigenvalue weighted by Crippen LogP contribution is 2.17. The summed E-state index contributed by atoms with van der Waals surface area (Å²) in [6.45, 7) is 7.11. The van der Waals surface area contributed by atoms with Crippen molar-refractivity contribution in [3.05, 3.63) is 29.3 Å². The van der Waals surface area contributed by atoms with Crippen molar-refractivity contribution >= 4 is 10.1 Å². The van der Waals surface area contributed by atoms with Gasteiger partial charge in [-0.1, -0.05) is 6.07 Å². The van der Waals surface area contributed by atoms with Crippen LogP contribution < -0.4 is 0 Å². The lowest BCUT2D eigenvalue weighted by Crippen LogP contribution is -2.12. The summed E-state index contributed by atoms with van der Waals surface area (Å²) in [5, 5.41) is 0. The molecule has 0 heterocycles. The van der Waals surface area contributed by atoms with Gasteiger partial charge in [-0.25, -0.2) is 0 Å². The summed E-state index contributed by atoms with van der Waals surface area (Å²) in [5.74, 6) is 0. The average Bonchev–Trinajstić information content (AvgIpc) is 1.99. The van der Waals surface area contributed by atoms with Crippen molar-refractivity contribution in [3.8, 4) is 0 Å². The standard InChI is InChI=1S/C11H16O3S/c1-8(2)14-15(12,13)11-6-9(3)5-10(4)7-11/h5-8H,1-4H3. The Morgan fingerprint density at radius 2 is 1.53 bits per heavy atom. The zero-order chi connectivity index (χ0) is 11.6. The molecule has 0 aromatic heterocycles. The first-order valence-corrected chi connectivity index (χ1v) is 6.23. The zero-order valence-electron chi connectivity index (χ0n) is 9.44. The Labute approximate surface area is 91.2 Å². The van der Waals surface area contributed by atoms with Crippen LogP contribution in [0.4, 0.5) is 0 Å². The molecule has 0 aliphatic heterocycles. The quantitative estimate of drug-likeness (QED) is 0.746. The summed E-state index contributed by atoms with van der Waals surface area (Å²) in [4.78, 5) is 0.230. The third-order valence-electron chi connectivity index (χ3n) is 1.80. The van der Waals surface area contributed by atoms with Crippen LogP contribution in [-0.2, 0) is 14.3 Å². The molecule has 1 aromatic carbocycles. The number of hydrogen-bond donors (Lipinski definition) is 0. The van der Waals surface area contributed by atoms with Crippen LogP contribution in [0, 0.1) is 13.8 Å². The maximum Gasteiger partial charge on any atom is 0.297 e. The molecule has 4 heteroatoms. The Balaban J connectivity index is 3.16. The van der Waals surface area contributed by atoms with Gasteiger partial charge in [0.2, 0.25) is 0 Å². The smallest absolute Gasteiger partial charge is 0.264 e. The minimum atomic E-state index is -3.60. The Bertz CT molecular complexity index is 427. The Morgan fingerprint density at radius 1 is 1.07 bits per heavy atom. The molecule has 0 amide bonds. The average molecular weight is 228 g/mol. The SMILES string of the molecule is Cc1cc(C)cc(S(=O)(=O)OC(C)C)c1. The van der Waals surface area contributed by atoms with Crippen LogP contribution in [0.3, 0.4) is 0 Å². The van der Waals surface area contributed by atoms with Crippen molar-refractivity contribution in [2.45, 2.75) is 38.7 Å². The Hall–Kier alpha value is -0.870. The second-order valence-electron chi connectivity index (χ2n) is 3.92. The van der Waals surface area contributed by atoms with Crippen molar-refractivity contribution in [1.29, 1.82) is 0 Å². The Morgan fingerprint density at radius 3 is 1.93 bits per heavy atom. The molecule has 0 saturated carbocycles. The van der Waals surface area contributed by atoms with Crippen LogP contribution in [0.25, 0.3) is 0 Å². The fourth-order valence-corrected chi connectivity index (χ4v) is 2.66. The largest absolute Gasteiger partial charge is 0.297 e. The highest BCUT2D eigenvalue weighted by Gasteiger charge is 2.17. The first-order chi connectivity index (χ1) is 6.81. The molecule has 0 atom stereocenters. The van der Waals surface area contributed by atoms with Crippen molar-refractivity contribution in [2.75, 3.05) is 0 Å². The lowest BCUT2D eigenvalue weighted by atomic mass is 10.2. The molecule has 0 unspecified atom stereocenters. The molecular formula is C11H16O3S. The second-order valence-corrected chi connectivity index (χ2v) is 5.49. The van der Waals surface area contributed by atoms with Crippen LogP contribution in [0.2, 0.25) is 0 Å². The van der Waals surface area contributed by atoms with E-state index in [2.05, 4.69) is 0 Å². The molecule has 0 aliphatic rings. The summed E-state index contributed by atoms with van der Waals surface area (Å²) in [6, 6.07) is 5.16. The Kier molecular flexibility index (Phi) is 3.52. The third kappa shape index (κ3) is 3.32. The van der Waals surface area contributed by atoms with Gasteiger partial charge in [-0.3, -0.25) is 4.18 Å². The van der Waals surface area contributed by atoms with Crippen LogP contribution >= 0.6 is 0 Å². The fourth-order valence-electron chi connectivity index (χ4n) is 1.39. The van der Waals surface area contributed by atoms with E-state index in [1.165, 1.54) is 0 Å². The minimum absolute atomic E-state index is 0.230. The molecule has 84 valence electrons. The van der Waals surface area contributed by atoms with E-state index in [0.29, 0.717) is 0 Å². The predicted octanol–water partition coefficient (Wildman–Crippen LogP) is 2.42. The van der Waals surface area contributed by atoms with Crippen molar-refractivity contribution < 1.29 is 12.6 Å². The van der Waals surface area contributed by atoms with Gasteiger partial charge in [0.25, 0.3) is 10.1 Å². The molecule has 0 radical (unpaired) electrons. The van der Waals surface area contributed by atoms with Crippen LogP contribution in [-0.4, -0.2) is 14.5 Å². The van der Waals surface area contributed by atoms with Gasteiger partial charge in [-0.2, -0.15) is 8.42 Å². The van der Waals surface area contributed by atoms with Gasteiger partial charge >= 0.3 is 0 Å². The van der Waals surface area contributed by atoms with Crippen molar-refractivity contribution in [3.63, 3.8) is 0 Å². The molecule has 0 bridgehead atoms. The lowest BCUT2D eigenvalue weighted by Gasteiger charge is -2.09. The molecule has 0 saturated heterocycles. The van der Waals surface area contributed by atoms with Crippen molar-refractivity contribution in [1.82, 2.24) is 0 Å². The summed E-state index contributed by atoms with van der Waals surface area (Å²) < 4.78 is 28.4.